The fraction of sp³-hybridized carbons (Fsp3) is 0.476. The summed E-state index contributed by atoms with van der Waals surface area (Å²) in [7, 11) is -3.38. The number of anilines is 1. The molecule has 1 aliphatic heterocycles. The molecule has 1 aromatic heterocycles. The number of carbonyl (C=O) groups is 1. The van der Waals surface area contributed by atoms with Crippen LogP contribution in [0, 0.1) is 5.92 Å². The summed E-state index contributed by atoms with van der Waals surface area (Å²) in [5, 5.41) is 11.1. The third-order valence-corrected chi connectivity index (χ3v) is 6.94. The minimum absolute atomic E-state index is 0.0135. The number of nitrogens with zero attached hydrogens (tertiary/aromatic N) is 3. The Morgan fingerprint density at radius 3 is 2.28 bits per heavy atom. The van der Waals surface area contributed by atoms with Crippen LogP contribution in [0.4, 0.5) is 5.82 Å². The summed E-state index contributed by atoms with van der Waals surface area (Å²) < 4.78 is 26.8. The fourth-order valence-electron chi connectivity index (χ4n) is 3.30. The largest absolute Gasteiger partial charge is 0.309 e. The molecule has 0 atom stereocenters. The highest BCUT2D eigenvalue weighted by atomic mass is 32.2. The Bertz CT molecular complexity index is 930. The number of hydrogen-bond acceptors (Lipinski definition) is 5. The standard InChI is InChI=1S/C21H28N4O3S/c1-21(2,3)18-9-10-19(24-23-18)22-20(26)17-11-13-25(14-12-17)29(27,28)15-16-7-5-4-6-8-16/h4-10,17H,11-15H2,1-3H3,(H,22,24,26). The van der Waals surface area contributed by atoms with E-state index in [1.54, 1.807) is 6.07 Å². The van der Waals surface area contributed by atoms with Crippen LogP contribution in [-0.4, -0.2) is 41.9 Å². The van der Waals surface area contributed by atoms with Gasteiger partial charge in [-0.2, -0.15) is 5.10 Å². The van der Waals surface area contributed by atoms with Crippen molar-refractivity contribution in [1.29, 1.82) is 0 Å². The summed E-state index contributed by atoms with van der Waals surface area (Å²) in [5.41, 5.74) is 1.52. The number of carbonyl (C=O) groups excluding carboxylic acids is 1. The van der Waals surface area contributed by atoms with Crippen molar-refractivity contribution in [3.8, 4) is 0 Å². The van der Waals surface area contributed by atoms with Crippen LogP contribution in [0.3, 0.4) is 0 Å². The maximum Gasteiger partial charge on any atom is 0.228 e. The highest BCUT2D eigenvalue weighted by Gasteiger charge is 2.31. The average molecular weight is 417 g/mol. The van der Waals surface area contributed by atoms with Crippen molar-refractivity contribution >= 4 is 21.7 Å². The van der Waals surface area contributed by atoms with E-state index in [9.17, 15) is 13.2 Å². The number of rotatable bonds is 5. The van der Waals surface area contributed by atoms with Gasteiger partial charge in [0.1, 0.15) is 0 Å². The normalized spacial score (nSPS) is 16.5. The van der Waals surface area contributed by atoms with Crippen LogP contribution in [0.1, 0.15) is 44.9 Å². The molecule has 29 heavy (non-hydrogen) atoms. The number of aromatic nitrogens is 2. The van der Waals surface area contributed by atoms with Crippen LogP contribution >= 0.6 is 0 Å². The van der Waals surface area contributed by atoms with Crippen LogP contribution in [0.2, 0.25) is 0 Å². The minimum atomic E-state index is -3.38. The molecule has 0 unspecified atom stereocenters. The molecule has 0 spiro atoms. The van der Waals surface area contributed by atoms with Gasteiger partial charge in [-0.25, -0.2) is 12.7 Å². The molecule has 156 valence electrons. The Morgan fingerprint density at radius 1 is 1.07 bits per heavy atom. The fourth-order valence-corrected chi connectivity index (χ4v) is 4.86. The lowest BCUT2D eigenvalue weighted by Crippen LogP contribution is -2.42. The molecule has 3 rings (SSSR count). The van der Waals surface area contributed by atoms with Gasteiger partial charge >= 0.3 is 0 Å². The molecule has 1 aromatic carbocycles. The number of sulfonamides is 1. The zero-order chi connectivity index (χ0) is 21.1. The van der Waals surface area contributed by atoms with Gasteiger partial charge in [0.25, 0.3) is 0 Å². The van der Waals surface area contributed by atoms with E-state index in [1.807, 2.05) is 36.4 Å². The molecule has 1 fully saturated rings. The van der Waals surface area contributed by atoms with Crippen molar-refractivity contribution in [3.05, 3.63) is 53.7 Å². The van der Waals surface area contributed by atoms with Gasteiger partial charge in [-0.05, 0) is 30.5 Å². The molecule has 0 aliphatic carbocycles. The van der Waals surface area contributed by atoms with Crippen molar-refractivity contribution < 1.29 is 13.2 Å². The molecule has 7 nitrogen and oxygen atoms in total. The van der Waals surface area contributed by atoms with Gasteiger partial charge < -0.3 is 5.32 Å². The molecule has 8 heteroatoms. The molecule has 2 aromatic rings. The Hall–Kier alpha value is -2.32. The maximum absolute atomic E-state index is 12.6. The van der Waals surface area contributed by atoms with Crippen LogP contribution in [0.25, 0.3) is 0 Å². The second-order valence-corrected chi connectivity index (χ2v) is 10.4. The average Bonchev–Trinajstić information content (AvgIpc) is 2.68. The van der Waals surface area contributed by atoms with Crippen molar-refractivity contribution in [1.82, 2.24) is 14.5 Å². The van der Waals surface area contributed by atoms with Gasteiger partial charge in [0.15, 0.2) is 5.82 Å². The number of nitrogens with one attached hydrogen (secondary N) is 1. The number of hydrogen-bond donors (Lipinski definition) is 1. The van der Waals surface area contributed by atoms with Gasteiger partial charge in [-0.15, -0.1) is 5.10 Å². The molecule has 0 radical (unpaired) electrons. The molecular formula is C21H28N4O3S. The van der Waals surface area contributed by atoms with Crippen molar-refractivity contribution in [2.45, 2.75) is 44.8 Å². The summed E-state index contributed by atoms with van der Waals surface area (Å²) in [6.45, 7) is 6.85. The lowest BCUT2D eigenvalue weighted by Gasteiger charge is -2.30. The Morgan fingerprint density at radius 2 is 1.72 bits per heavy atom. The van der Waals surface area contributed by atoms with Gasteiger partial charge in [0.2, 0.25) is 15.9 Å². The molecule has 1 saturated heterocycles. The first-order valence-corrected chi connectivity index (χ1v) is 11.4. The van der Waals surface area contributed by atoms with E-state index in [0.717, 1.165) is 11.3 Å². The van der Waals surface area contributed by atoms with E-state index in [0.29, 0.717) is 31.7 Å². The van der Waals surface area contributed by atoms with E-state index < -0.39 is 10.0 Å². The quantitative estimate of drug-likeness (QED) is 0.809. The van der Waals surface area contributed by atoms with Gasteiger partial charge in [0, 0.05) is 24.4 Å². The first kappa shape index (κ1) is 21.4. The van der Waals surface area contributed by atoms with Crippen LogP contribution in [0.15, 0.2) is 42.5 Å². The Balaban J connectivity index is 1.54. The molecular weight excluding hydrogens is 388 g/mol. The van der Waals surface area contributed by atoms with Crippen molar-refractivity contribution in [3.63, 3.8) is 0 Å². The smallest absolute Gasteiger partial charge is 0.228 e. The first-order valence-electron chi connectivity index (χ1n) is 9.82. The third kappa shape index (κ3) is 5.61. The number of piperidine rings is 1. The summed E-state index contributed by atoms with van der Waals surface area (Å²) in [6.07, 6.45) is 0.987. The first-order chi connectivity index (χ1) is 13.6. The Labute approximate surface area is 172 Å². The van der Waals surface area contributed by atoms with Gasteiger partial charge in [0.05, 0.1) is 11.4 Å². The van der Waals surface area contributed by atoms with E-state index in [4.69, 9.17) is 0 Å². The summed E-state index contributed by atoms with van der Waals surface area (Å²) in [5.74, 6) is 0.0350. The van der Waals surface area contributed by atoms with Gasteiger partial charge in [-0.3, -0.25) is 4.79 Å². The lowest BCUT2D eigenvalue weighted by molar-refractivity contribution is -0.120. The Kier molecular flexibility index (Phi) is 6.33. The second kappa shape index (κ2) is 8.59. The number of amides is 1. The highest BCUT2D eigenvalue weighted by molar-refractivity contribution is 7.88. The maximum atomic E-state index is 12.6. The number of benzene rings is 1. The predicted molar refractivity (Wildman–Crippen MR) is 113 cm³/mol. The molecule has 2 heterocycles. The van der Waals surface area contributed by atoms with Crippen LogP contribution in [0.5, 0.6) is 0 Å². The van der Waals surface area contributed by atoms with Crippen LogP contribution < -0.4 is 5.32 Å². The molecule has 0 saturated carbocycles. The second-order valence-electron chi connectivity index (χ2n) is 8.46. The monoisotopic (exact) mass is 416 g/mol. The molecule has 1 aliphatic rings. The zero-order valence-electron chi connectivity index (χ0n) is 17.1. The van der Waals surface area contributed by atoms with E-state index >= 15 is 0 Å². The minimum Gasteiger partial charge on any atom is -0.309 e. The molecule has 0 bridgehead atoms. The van der Waals surface area contributed by atoms with Crippen LogP contribution in [-0.2, 0) is 26.0 Å². The highest BCUT2D eigenvalue weighted by Crippen LogP contribution is 2.23. The lowest BCUT2D eigenvalue weighted by atomic mass is 9.92. The summed E-state index contributed by atoms with van der Waals surface area (Å²) >= 11 is 0. The van der Waals surface area contributed by atoms with Gasteiger partial charge in [-0.1, -0.05) is 51.1 Å². The molecule has 1 amide bonds. The summed E-state index contributed by atoms with van der Waals surface area (Å²) in [6, 6.07) is 12.8. The van der Waals surface area contributed by atoms with Crippen molar-refractivity contribution in [2.24, 2.45) is 5.92 Å². The SMILES string of the molecule is CC(C)(C)c1ccc(NC(=O)C2CCN(S(=O)(=O)Cc3ccccc3)CC2)nn1. The van der Waals surface area contributed by atoms with Crippen molar-refractivity contribution in [2.75, 3.05) is 18.4 Å². The summed E-state index contributed by atoms with van der Waals surface area (Å²) in [4.78, 5) is 12.5. The topological polar surface area (TPSA) is 92.3 Å². The zero-order valence-corrected chi connectivity index (χ0v) is 17.9. The van der Waals surface area contributed by atoms with E-state index in [-0.39, 0.29) is 23.0 Å². The third-order valence-electron chi connectivity index (χ3n) is 5.09. The van der Waals surface area contributed by atoms with E-state index in [2.05, 4.69) is 36.3 Å². The molecule has 1 N–H and O–H groups in total. The predicted octanol–water partition coefficient (Wildman–Crippen LogP) is 2.95. The van der Waals surface area contributed by atoms with E-state index in [1.165, 1.54) is 4.31 Å².